The fourth-order valence-corrected chi connectivity index (χ4v) is 10.6. The van der Waals surface area contributed by atoms with Gasteiger partial charge in [0.1, 0.15) is 13.2 Å². The zero-order chi connectivity index (χ0) is 57.1. The lowest BCUT2D eigenvalue weighted by Crippen LogP contribution is -2.30. The number of carbonyl (C=O) groups is 3. The normalized spacial score (nSPS) is 12.3. The van der Waals surface area contributed by atoms with Gasteiger partial charge in [-0.05, 0) is 57.8 Å². The van der Waals surface area contributed by atoms with Gasteiger partial charge < -0.3 is 14.2 Å². The van der Waals surface area contributed by atoms with Crippen molar-refractivity contribution in [3.05, 3.63) is 48.6 Å². The molecule has 0 aromatic carbocycles. The Labute approximate surface area is 492 Å². The van der Waals surface area contributed by atoms with Gasteiger partial charge in [-0.2, -0.15) is 0 Å². The van der Waals surface area contributed by atoms with Gasteiger partial charge in [0.15, 0.2) is 6.10 Å². The van der Waals surface area contributed by atoms with Crippen molar-refractivity contribution in [2.75, 3.05) is 13.2 Å². The van der Waals surface area contributed by atoms with Gasteiger partial charge in [-0.15, -0.1) is 0 Å². The van der Waals surface area contributed by atoms with Crippen LogP contribution in [0.1, 0.15) is 380 Å². The molecule has 0 aromatic heterocycles. The summed E-state index contributed by atoms with van der Waals surface area (Å²) in [6, 6.07) is 0. The lowest BCUT2D eigenvalue weighted by Gasteiger charge is -2.18. The predicted molar refractivity (Wildman–Crippen MR) is 344 cm³/mol. The van der Waals surface area contributed by atoms with Crippen molar-refractivity contribution in [2.24, 2.45) is 0 Å². The van der Waals surface area contributed by atoms with E-state index in [1.165, 1.54) is 257 Å². The Morgan fingerprint density at radius 2 is 0.494 bits per heavy atom. The van der Waals surface area contributed by atoms with Crippen molar-refractivity contribution in [3.63, 3.8) is 0 Å². The van der Waals surface area contributed by atoms with Crippen LogP contribution in [0, 0.1) is 0 Å². The minimum Gasteiger partial charge on any atom is -0.462 e. The van der Waals surface area contributed by atoms with Gasteiger partial charge in [-0.25, -0.2) is 0 Å². The summed E-state index contributed by atoms with van der Waals surface area (Å²) in [5.74, 6) is -0.897. The molecule has 1 atom stereocenters. The Balaban J connectivity index is 4.23. The molecule has 0 radical (unpaired) electrons. The smallest absolute Gasteiger partial charge is 0.306 e. The third kappa shape index (κ3) is 66.1. The van der Waals surface area contributed by atoms with Crippen molar-refractivity contribution in [3.8, 4) is 0 Å². The Bertz CT molecular complexity index is 1360. The summed E-state index contributed by atoms with van der Waals surface area (Å²) >= 11 is 0. The van der Waals surface area contributed by atoms with E-state index in [1.54, 1.807) is 0 Å². The maximum absolute atomic E-state index is 12.9. The lowest BCUT2D eigenvalue weighted by molar-refractivity contribution is -0.167. The van der Waals surface area contributed by atoms with Gasteiger partial charge in [-0.1, -0.05) is 352 Å². The second-order valence-corrected chi connectivity index (χ2v) is 23.8. The Hall–Kier alpha value is -2.63. The minimum absolute atomic E-state index is 0.0810. The van der Waals surface area contributed by atoms with E-state index in [2.05, 4.69) is 69.4 Å². The van der Waals surface area contributed by atoms with Crippen LogP contribution in [0.15, 0.2) is 48.6 Å². The average molecular weight is 1110 g/mol. The van der Waals surface area contributed by atoms with Gasteiger partial charge in [0, 0.05) is 19.3 Å². The number of rotatable bonds is 65. The maximum atomic E-state index is 12.9. The molecule has 0 aliphatic rings. The standard InChI is InChI=1S/C73H134O6/c1-4-7-10-13-16-19-22-25-28-30-32-33-34-35-36-37-38-39-40-41-43-45-48-51-54-57-60-63-66-72(75)78-69-70(68-77-71(74)65-62-59-56-53-50-47-44-27-24-21-18-15-12-9-6-3)79-73(76)67-64-61-58-55-52-49-46-42-31-29-26-23-20-17-14-11-8-5-2/h9,12,18,21,27,44,50,53,70H,4-8,10-11,13-17,19-20,22-26,28-43,45-49,51-52,54-69H2,1-3H3/b12-9-,21-18-,44-27-,53-50-. The van der Waals surface area contributed by atoms with E-state index in [1.807, 2.05) is 0 Å². The third-order valence-electron chi connectivity index (χ3n) is 15.8. The van der Waals surface area contributed by atoms with Crippen LogP contribution >= 0.6 is 0 Å². The number of unbranched alkanes of at least 4 members (excludes halogenated alkanes) is 46. The maximum Gasteiger partial charge on any atom is 0.306 e. The van der Waals surface area contributed by atoms with E-state index in [0.29, 0.717) is 19.3 Å². The summed E-state index contributed by atoms with van der Waals surface area (Å²) in [4.78, 5) is 38.4. The number of hydrogen-bond acceptors (Lipinski definition) is 6. The lowest BCUT2D eigenvalue weighted by atomic mass is 10.0. The molecular weight excluding hydrogens is 973 g/mol. The van der Waals surface area contributed by atoms with Crippen molar-refractivity contribution in [1.29, 1.82) is 0 Å². The average Bonchev–Trinajstić information content (AvgIpc) is 3.45. The molecule has 0 N–H and O–H groups in total. The molecule has 0 aliphatic heterocycles. The summed E-state index contributed by atoms with van der Waals surface area (Å²) in [6.07, 6.45) is 85.8. The Morgan fingerprint density at radius 3 is 0.772 bits per heavy atom. The zero-order valence-corrected chi connectivity index (χ0v) is 53.2. The highest BCUT2D eigenvalue weighted by molar-refractivity contribution is 5.71. The first kappa shape index (κ1) is 76.4. The van der Waals surface area contributed by atoms with Crippen molar-refractivity contribution in [2.45, 2.75) is 386 Å². The van der Waals surface area contributed by atoms with E-state index < -0.39 is 6.10 Å². The highest BCUT2D eigenvalue weighted by Gasteiger charge is 2.19. The third-order valence-corrected chi connectivity index (χ3v) is 15.8. The van der Waals surface area contributed by atoms with E-state index in [4.69, 9.17) is 14.2 Å². The van der Waals surface area contributed by atoms with Crippen LogP contribution in [-0.2, 0) is 28.6 Å². The highest BCUT2D eigenvalue weighted by Crippen LogP contribution is 2.19. The summed E-state index contributed by atoms with van der Waals surface area (Å²) in [5, 5.41) is 0. The molecule has 0 bridgehead atoms. The first-order valence-corrected chi connectivity index (χ1v) is 35.1. The molecule has 0 amide bonds. The molecular formula is C73H134O6. The molecule has 6 nitrogen and oxygen atoms in total. The quantitative estimate of drug-likeness (QED) is 0.0261. The molecule has 1 unspecified atom stereocenters. The molecule has 6 heteroatoms. The minimum atomic E-state index is -0.788. The van der Waals surface area contributed by atoms with Gasteiger partial charge in [0.25, 0.3) is 0 Å². The molecule has 0 saturated heterocycles. The zero-order valence-electron chi connectivity index (χ0n) is 53.2. The molecule has 79 heavy (non-hydrogen) atoms. The molecule has 0 aliphatic carbocycles. The van der Waals surface area contributed by atoms with E-state index >= 15 is 0 Å². The van der Waals surface area contributed by atoms with E-state index in [-0.39, 0.29) is 31.1 Å². The summed E-state index contributed by atoms with van der Waals surface area (Å²) < 4.78 is 16.9. The fourth-order valence-electron chi connectivity index (χ4n) is 10.6. The van der Waals surface area contributed by atoms with Crippen molar-refractivity contribution in [1.82, 2.24) is 0 Å². The molecule has 0 saturated carbocycles. The fraction of sp³-hybridized carbons (Fsp3) is 0.849. The van der Waals surface area contributed by atoms with Crippen LogP contribution in [-0.4, -0.2) is 37.2 Å². The second kappa shape index (κ2) is 67.9. The summed E-state index contributed by atoms with van der Waals surface area (Å²) in [6.45, 7) is 6.56. The van der Waals surface area contributed by atoms with Crippen LogP contribution in [0.4, 0.5) is 0 Å². The van der Waals surface area contributed by atoms with Gasteiger partial charge in [-0.3, -0.25) is 14.4 Å². The SMILES string of the molecule is CC/C=C\C/C=C\C/C=C\C/C=C\CCCCC(=O)OCC(COC(=O)CCCCCCCCCCCCCCCCCCCCCCCCCCCCCC)OC(=O)CCCCCCCCCCCCCCCCCCCC. The van der Waals surface area contributed by atoms with Crippen LogP contribution in [0.3, 0.4) is 0 Å². The number of allylic oxidation sites excluding steroid dienone is 8. The number of esters is 3. The predicted octanol–water partition coefficient (Wildman–Crippen LogP) is 24.1. The second-order valence-electron chi connectivity index (χ2n) is 23.8. The van der Waals surface area contributed by atoms with Crippen molar-refractivity contribution >= 4 is 17.9 Å². The largest absolute Gasteiger partial charge is 0.462 e. The first-order chi connectivity index (χ1) is 39.0. The van der Waals surface area contributed by atoms with E-state index in [0.717, 1.165) is 83.5 Å². The summed E-state index contributed by atoms with van der Waals surface area (Å²) in [5.41, 5.74) is 0. The van der Waals surface area contributed by atoms with Gasteiger partial charge >= 0.3 is 17.9 Å². The van der Waals surface area contributed by atoms with Crippen LogP contribution < -0.4 is 0 Å². The Morgan fingerprint density at radius 1 is 0.266 bits per heavy atom. The molecule has 0 aromatic rings. The number of ether oxygens (including phenoxy) is 3. The molecule has 0 rings (SSSR count). The molecule has 0 heterocycles. The number of carbonyl (C=O) groups excluding carboxylic acids is 3. The Kier molecular flexibility index (Phi) is 65.6. The van der Waals surface area contributed by atoms with Crippen molar-refractivity contribution < 1.29 is 28.6 Å². The molecule has 0 fully saturated rings. The topological polar surface area (TPSA) is 78.9 Å². The molecule has 0 spiro atoms. The van der Waals surface area contributed by atoms with Gasteiger partial charge in [0.05, 0.1) is 0 Å². The highest BCUT2D eigenvalue weighted by atomic mass is 16.6. The van der Waals surface area contributed by atoms with Crippen LogP contribution in [0.25, 0.3) is 0 Å². The first-order valence-electron chi connectivity index (χ1n) is 35.1. The van der Waals surface area contributed by atoms with Gasteiger partial charge in [0.2, 0.25) is 0 Å². The van der Waals surface area contributed by atoms with Crippen LogP contribution in [0.2, 0.25) is 0 Å². The number of hydrogen-bond donors (Lipinski definition) is 0. The van der Waals surface area contributed by atoms with E-state index in [9.17, 15) is 14.4 Å². The molecule has 462 valence electrons. The van der Waals surface area contributed by atoms with Crippen LogP contribution in [0.5, 0.6) is 0 Å². The monoisotopic (exact) mass is 1110 g/mol. The summed E-state index contributed by atoms with van der Waals surface area (Å²) in [7, 11) is 0.